The lowest BCUT2D eigenvalue weighted by Gasteiger charge is -2.33. The molecular weight excluding hydrogens is 408 g/mol. The van der Waals surface area contributed by atoms with E-state index in [0.717, 1.165) is 11.3 Å². The molecule has 1 N–H and O–H groups in total. The number of piperidine rings is 1. The number of carbonyl (C=O) groups is 2. The molecule has 3 rings (SSSR count). The molecule has 2 heterocycles. The summed E-state index contributed by atoms with van der Waals surface area (Å²) >= 11 is 6.20. The van der Waals surface area contributed by atoms with Crippen LogP contribution in [0.4, 0.5) is 4.79 Å². The summed E-state index contributed by atoms with van der Waals surface area (Å²) in [4.78, 5) is 29.8. The third kappa shape index (κ3) is 5.14. The van der Waals surface area contributed by atoms with Crippen LogP contribution in [0.3, 0.4) is 0 Å². The normalized spacial score (nSPS) is 15.8. The number of carboxylic acids is 1. The van der Waals surface area contributed by atoms with E-state index < -0.39 is 5.97 Å². The minimum absolute atomic E-state index is 0.109. The Morgan fingerprint density at radius 1 is 1.33 bits per heavy atom. The summed E-state index contributed by atoms with van der Waals surface area (Å²) in [6.45, 7) is 4.95. The Morgan fingerprint density at radius 3 is 2.67 bits per heavy atom. The number of benzene rings is 1. The van der Waals surface area contributed by atoms with Gasteiger partial charge in [-0.05, 0) is 44.2 Å². The van der Waals surface area contributed by atoms with Crippen LogP contribution >= 0.6 is 11.6 Å². The van der Waals surface area contributed by atoms with Crippen LogP contribution in [-0.4, -0.2) is 46.7 Å². The number of aromatic nitrogens is 1. The van der Waals surface area contributed by atoms with Gasteiger partial charge in [-0.3, -0.25) is 4.79 Å². The fourth-order valence-electron chi connectivity index (χ4n) is 3.93. The van der Waals surface area contributed by atoms with Crippen LogP contribution in [0.5, 0.6) is 0 Å². The van der Waals surface area contributed by atoms with E-state index in [4.69, 9.17) is 20.8 Å². The highest BCUT2D eigenvalue weighted by Crippen LogP contribution is 2.29. The van der Waals surface area contributed by atoms with E-state index in [0.29, 0.717) is 55.4 Å². The first-order valence-corrected chi connectivity index (χ1v) is 10.6. The third-order valence-corrected chi connectivity index (χ3v) is 6.01. The number of nitrogens with zero attached hydrogens (tertiary/aromatic N) is 2. The van der Waals surface area contributed by atoms with Gasteiger partial charge >= 0.3 is 12.1 Å². The lowest BCUT2D eigenvalue weighted by Crippen LogP contribution is -2.41. The first-order chi connectivity index (χ1) is 14.4. The average molecular weight is 435 g/mol. The van der Waals surface area contributed by atoms with E-state index in [2.05, 4.69) is 4.98 Å². The second kappa shape index (κ2) is 9.98. The minimum Gasteiger partial charge on any atom is -0.481 e. The molecular formula is C22H27ClN2O5. The Balaban J connectivity index is 1.49. The highest BCUT2D eigenvalue weighted by Gasteiger charge is 2.31. The van der Waals surface area contributed by atoms with Crippen molar-refractivity contribution >= 4 is 23.7 Å². The predicted octanol–water partition coefficient (Wildman–Crippen LogP) is 4.81. The van der Waals surface area contributed by atoms with Crippen molar-refractivity contribution in [3.8, 4) is 11.5 Å². The third-order valence-electron chi connectivity index (χ3n) is 5.69. The van der Waals surface area contributed by atoms with Gasteiger partial charge in [0.1, 0.15) is 5.76 Å². The Morgan fingerprint density at radius 2 is 2.03 bits per heavy atom. The fraction of sp³-hybridized carbons (Fsp3) is 0.500. The molecule has 1 aromatic heterocycles. The van der Waals surface area contributed by atoms with Gasteiger partial charge in [0, 0.05) is 19.5 Å². The Hall–Kier alpha value is -2.54. The molecule has 1 aliphatic heterocycles. The lowest BCUT2D eigenvalue weighted by molar-refractivity contribution is -0.144. The lowest BCUT2D eigenvalue weighted by atomic mass is 9.83. The molecule has 1 saturated heterocycles. The van der Waals surface area contributed by atoms with E-state index in [-0.39, 0.29) is 24.5 Å². The number of oxazole rings is 1. The van der Waals surface area contributed by atoms with Gasteiger partial charge in [-0.1, -0.05) is 30.7 Å². The van der Waals surface area contributed by atoms with Crippen molar-refractivity contribution < 1.29 is 23.8 Å². The molecule has 0 radical (unpaired) electrons. The zero-order valence-electron chi connectivity index (χ0n) is 17.3. The number of amides is 1. The minimum atomic E-state index is -0.752. The maximum Gasteiger partial charge on any atom is 0.409 e. The van der Waals surface area contributed by atoms with Gasteiger partial charge in [0.2, 0.25) is 5.89 Å². The molecule has 0 saturated carbocycles. The molecule has 8 heteroatoms. The van der Waals surface area contributed by atoms with Crippen molar-refractivity contribution in [2.45, 2.75) is 39.5 Å². The molecule has 162 valence electrons. The molecule has 7 nitrogen and oxygen atoms in total. The van der Waals surface area contributed by atoms with Gasteiger partial charge in [-0.25, -0.2) is 9.78 Å². The largest absolute Gasteiger partial charge is 0.481 e. The van der Waals surface area contributed by atoms with Crippen LogP contribution in [-0.2, 0) is 16.0 Å². The Kier molecular flexibility index (Phi) is 7.37. The van der Waals surface area contributed by atoms with Crippen molar-refractivity contribution in [3.63, 3.8) is 0 Å². The molecule has 0 aliphatic carbocycles. The monoisotopic (exact) mass is 434 g/mol. The van der Waals surface area contributed by atoms with E-state index in [1.807, 2.05) is 32.0 Å². The van der Waals surface area contributed by atoms with Crippen LogP contribution in [0.15, 0.2) is 28.7 Å². The number of ether oxygens (including phenoxy) is 1. The molecule has 0 bridgehead atoms. The summed E-state index contributed by atoms with van der Waals surface area (Å²) in [6, 6.07) is 7.33. The van der Waals surface area contributed by atoms with E-state index in [9.17, 15) is 14.7 Å². The number of rotatable bonds is 7. The summed E-state index contributed by atoms with van der Waals surface area (Å²) in [7, 11) is 0. The zero-order chi connectivity index (χ0) is 21.7. The number of hydrogen-bond acceptors (Lipinski definition) is 5. The highest BCUT2D eigenvalue weighted by molar-refractivity contribution is 6.33. The van der Waals surface area contributed by atoms with Crippen molar-refractivity contribution in [2.75, 3.05) is 19.7 Å². The van der Waals surface area contributed by atoms with Crippen molar-refractivity contribution in [3.05, 3.63) is 40.7 Å². The standard InChI is InChI=1S/C22H27ClN2O5/c1-3-16(21(26)27)15-8-11-25(12-9-15)22(28)29-13-10-19-14(2)30-20(24-19)17-6-4-5-7-18(17)23/h4-7,15-16H,3,8-13H2,1-2H3,(H,26,27). The zero-order valence-corrected chi connectivity index (χ0v) is 18.0. The maximum absolute atomic E-state index is 12.4. The molecule has 1 aromatic carbocycles. The summed E-state index contributed by atoms with van der Waals surface area (Å²) in [5.74, 6) is 0.132. The number of carboxylic acid groups (broad SMARTS) is 1. The second-order valence-corrected chi connectivity index (χ2v) is 7.95. The Bertz CT molecular complexity index is 889. The molecule has 1 aliphatic rings. The topological polar surface area (TPSA) is 92.9 Å². The molecule has 2 aromatic rings. The molecule has 1 atom stereocenters. The van der Waals surface area contributed by atoms with Gasteiger partial charge < -0.3 is 19.2 Å². The number of aliphatic carboxylic acids is 1. The van der Waals surface area contributed by atoms with Crippen molar-refractivity contribution in [1.82, 2.24) is 9.88 Å². The molecule has 30 heavy (non-hydrogen) atoms. The predicted molar refractivity (Wildman–Crippen MR) is 112 cm³/mol. The number of carbonyl (C=O) groups excluding carboxylic acids is 1. The number of likely N-dealkylation sites (tertiary alicyclic amines) is 1. The van der Waals surface area contributed by atoms with Crippen LogP contribution in [0.25, 0.3) is 11.5 Å². The smallest absolute Gasteiger partial charge is 0.409 e. The summed E-state index contributed by atoms with van der Waals surface area (Å²) in [5, 5.41) is 9.87. The second-order valence-electron chi connectivity index (χ2n) is 7.54. The summed E-state index contributed by atoms with van der Waals surface area (Å²) in [5.41, 5.74) is 1.45. The number of hydrogen-bond donors (Lipinski definition) is 1. The van der Waals surface area contributed by atoms with Crippen molar-refractivity contribution in [1.29, 1.82) is 0 Å². The Labute approximate surface area is 181 Å². The fourth-order valence-corrected chi connectivity index (χ4v) is 4.15. The number of aryl methyl sites for hydroxylation is 1. The van der Waals surface area contributed by atoms with Gasteiger partial charge in [0.15, 0.2) is 0 Å². The van der Waals surface area contributed by atoms with Crippen LogP contribution < -0.4 is 0 Å². The van der Waals surface area contributed by atoms with Gasteiger partial charge in [0.25, 0.3) is 0 Å². The first-order valence-electron chi connectivity index (χ1n) is 10.3. The van der Waals surface area contributed by atoms with Gasteiger partial charge in [-0.15, -0.1) is 0 Å². The van der Waals surface area contributed by atoms with Crippen molar-refractivity contribution in [2.24, 2.45) is 11.8 Å². The SMILES string of the molecule is CCC(C(=O)O)C1CCN(C(=O)OCCc2nc(-c3ccccc3Cl)oc2C)CC1. The average Bonchev–Trinajstić information content (AvgIpc) is 3.09. The molecule has 1 fully saturated rings. The first kappa shape index (κ1) is 22.2. The van der Waals surface area contributed by atoms with E-state index in [1.165, 1.54) is 0 Å². The van der Waals surface area contributed by atoms with E-state index in [1.54, 1.807) is 11.0 Å². The highest BCUT2D eigenvalue weighted by atomic mass is 35.5. The maximum atomic E-state index is 12.4. The summed E-state index contributed by atoms with van der Waals surface area (Å²) in [6.07, 6.45) is 2.05. The van der Waals surface area contributed by atoms with Gasteiger partial charge in [0.05, 0.1) is 28.8 Å². The molecule has 1 unspecified atom stereocenters. The molecule has 1 amide bonds. The van der Waals surface area contributed by atoms with Crippen LogP contribution in [0, 0.1) is 18.8 Å². The quantitative estimate of drug-likeness (QED) is 0.672. The molecule has 0 spiro atoms. The van der Waals surface area contributed by atoms with Crippen LogP contribution in [0.1, 0.15) is 37.6 Å². The van der Waals surface area contributed by atoms with Crippen LogP contribution in [0.2, 0.25) is 5.02 Å². The van der Waals surface area contributed by atoms with E-state index >= 15 is 0 Å². The van der Waals surface area contributed by atoms with Gasteiger partial charge in [-0.2, -0.15) is 0 Å². The number of halogens is 1. The summed E-state index contributed by atoms with van der Waals surface area (Å²) < 4.78 is 11.1.